The number of hydrogen-bond donors (Lipinski definition) is 1. The topological polar surface area (TPSA) is 58.6 Å². The molecule has 0 bridgehead atoms. The van der Waals surface area contributed by atoms with Gasteiger partial charge in [0, 0.05) is 18.1 Å². The summed E-state index contributed by atoms with van der Waals surface area (Å²) >= 11 is 5.99. The number of nitrogens with one attached hydrogen (secondary N) is 1. The number of carbonyl (C=O) groups excluding carboxylic acids is 2. The van der Waals surface area contributed by atoms with E-state index in [4.69, 9.17) is 16.3 Å². The summed E-state index contributed by atoms with van der Waals surface area (Å²) in [6, 6.07) is 12.6. The molecule has 1 N–H and O–H groups in total. The maximum Gasteiger partial charge on any atom is 0.261 e. The van der Waals surface area contributed by atoms with Gasteiger partial charge in [0.1, 0.15) is 11.8 Å². The molecule has 0 fully saturated rings. The minimum atomic E-state index is -0.568. The summed E-state index contributed by atoms with van der Waals surface area (Å²) in [7, 11) is 0. The van der Waals surface area contributed by atoms with Crippen molar-refractivity contribution in [1.82, 2.24) is 10.2 Å². The van der Waals surface area contributed by atoms with E-state index in [1.165, 1.54) is 0 Å². The Morgan fingerprint density at radius 3 is 2.43 bits per heavy atom. The Morgan fingerprint density at radius 2 is 1.80 bits per heavy atom. The van der Waals surface area contributed by atoms with Crippen LogP contribution in [0, 0.1) is 13.8 Å². The maximum absolute atomic E-state index is 13.2. The van der Waals surface area contributed by atoms with E-state index in [1.807, 2.05) is 58.0 Å². The predicted molar refractivity (Wildman–Crippen MR) is 121 cm³/mol. The van der Waals surface area contributed by atoms with Gasteiger partial charge in [-0.25, -0.2) is 0 Å². The Hall–Kier alpha value is -2.53. The van der Waals surface area contributed by atoms with Crippen molar-refractivity contribution in [1.29, 1.82) is 0 Å². The van der Waals surface area contributed by atoms with Crippen LogP contribution in [0.4, 0.5) is 0 Å². The second-order valence-electron chi connectivity index (χ2n) is 7.42. The molecule has 1 atom stereocenters. The van der Waals surface area contributed by atoms with E-state index < -0.39 is 6.04 Å². The lowest BCUT2D eigenvalue weighted by Crippen LogP contribution is -2.50. The Bertz CT molecular complexity index is 852. The van der Waals surface area contributed by atoms with Gasteiger partial charge in [-0.1, -0.05) is 49.7 Å². The van der Waals surface area contributed by atoms with Gasteiger partial charge in [-0.2, -0.15) is 0 Å². The molecule has 2 aromatic rings. The molecular weight excluding hydrogens is 400 g/mol. The van der Waals surface area contributed by atoms with E-state index in [9.17, 15) is 9.59 Å². The van der Waals surface area contributed by atoms with Crippen LogP contribution < -0.4 is 10.1 Å². The molecule has 0 aliphatic rings. The van der Waals surface area contributed by atoms with Gasteiger partial charge >= 0.3 is 0 Å². The molecule has 0 aliphatic heterocycles. The minimum Gasteiger partial charge on any atom is -0.483 e. The van der Waals surface area contributed by atoms with Crippen LogP contribution in [0.1, 0.15) is 43.4 Å². The summed E-state index contributed by atoms with van der Waals surface area (Å²) in [6.07, 6.45) is 1.35. The zero-order chi connectivity index (χ0) is 22.1. The Kier molecular flexibility index (Phi) is 9.18. The van der Waals surface area contributed by atoms with Gasteiger partial charge in [0.25, 0.3) is 5.91 Å². The molecule has 0 aromatic heterocycles. The molecule has 0 unspecified atom stereocenters. The number of ether oxygens (including phenoxy) is 1. The van der Waals surface area contributed by atoms with Crippen LogP contribution in [0.5, 0.6) is 5.75 Å². The molecule has 2 amide bonds. The highest BCUT2D eigenvalue weighted by Crippen LogP contribution is 2.20. The van der Waals surface area contributed by atoms with Gasteiger partial charge in [0.2, 0.25) is 5.91 Å². The zero-order valence-electron chi connectivity index (χ0n) is 18.2. The maximum atomic E-state index is 13.2. The lowest BCUT2D eigenvalue weighted by Gasteiger charge is -2.30. The first kappa shape index (κ1) is 23.7. The Morgan fingerprint density at radius 1 is 1.10 bits per heavy atom. The predicted octanol–water partition coefficient (Wildman–Crippen LogP) is 4.67. The minimum absolute atomic E-state index is 0.130. The molecule has 0 heterocycles. The number of amides is 2. The fourth-order valence-electron chi connectivity index (χ4n) is 3.16. The van der Waals surface area contributed by atoms with Crippen molar-refractivity contribution in [3.8, 4) is 5.75 Å². The Balaban J connectivity index is 2.21. The summed E-state index contributed by atoms with van der Waals surface area (Å²) in [6.45, 7) is 8.58. The van der Waals surface area contributed by atoms with Crippen molar-refractivity contribution in [2.75, 3.05) is 13.2 Å². The molecule has 0 aliphatic carbocycles. The van der Waals surface area contributed by atoms with E-state index in [0.717, 1.165) is 23.1 Å². The van der Waals surface area contributed by atoms with Gasteiger partial charge < -0.3 is 15.0 Å². The molecule has 0 saturated heterocycles. The van der Waals surface area contributed by atoms with E-state index in [1.54, 1.807) is 17.0 Å². The fraction of sp³-hybridized carbons (Fsp3) is 0.417. The first-order valence-corrected chi connectivity index (χ1v) is 10.7. The van der Waals surface area contributed by atoms with Crippen molar-refractivity contribution in [2.24, 2.45) is 0 Å². The average Bonchev–Trinajstić information content (AvgIpc) is 2.73. The second-order valence-corrected chi connectivity index (χ2v) is 7.86. The number of benzene rings is 2. The second kappa shape index (κ2) is 11.6. The number of carbonyl (C=O) groups is 2. The largest absolute Gasteiger partial charge is 0.483 e. The lowest BCUT2D eigenvalue weighted by atomic mass is 10.1. The van der Waals surface area contributed by atoms with Crippen molar-refractivity contribution in [3.63, 3.8) is 0 Å². The van der Waals surface area contributed by atoms with Crippen LogP contribution in [-0.4, -0.2) is 35.9 Å². The average molecular weight is 431 g/mol. The van der Waals surface area contributed by atoms with Gasteiger partial charge in [0.05, 0.1) is 0 Å². The van der Waals surface area contributed by atoms with E-state index in [0.29, 0.717) is 30.3 Å². The number of hydrogen-bond acceptors (Lipinski definition) is 3. The molecule has 30 heavy (non-hydrogen) atoms. The summed E-state index contributed by atoms with van der Waals surface area (Å²) in [5.74, 6) is 0.302. The van der Waals surface area contributed by atoms with Crippen LogP contribution in [0.25, 0.3) is 0 Å². The molecule has 2 rings (SSSR count). The van der Waals surface area contributed by atoms with Crippen molar-refractivity contribution in [2.45, 2.75) is 53.1 Å². The molecule has 0 spiro atoms. The van der Waals surface area contributed by atoms with Crippen LogP contribution >= 0.6 is 11.6 Å². The highest BCUT2D eigenvalue weighted by atomic mass is 35.5. The van der Waals surface area contributed by atoms with Crippen LogP contribution in [0.15, 0.2) is 42.5 Å². The smallest absolute Gasteiger partial charge is 0.261 e. The number of nitrogens with zero attached hydrogens (tertiary/aromatic N) is 1. The molecule has 5 nitrogen and oxygen atoms in total. The first-order chi connectivity index (χ1) is 14.3. The van der Waals surface area contributed by atoms with Crippen LogP contribution in [0.3, 0.4) is 0 Å². The molecule has 0 saturated carbocycles. The third-order valence-electron chi connectivity index (χ3n) is 4.90. The number of aryl methyl sites for hydroxylation is 2. The summed E-state index contributed by atoms with van der Waals surface area (Å²) in [5.41, 5.74) is 2.93. The summed E-state index contributed by atoms with van der Waals surface area (Å²) in [4.78, 5) is 27.5. The lowest BCUT2D eigenvalue weighted by molar-refractivity contribution is -0.143. The van der Waals surface area contributed by atoms with Gasteiger partial charge in [-0.05, 0) is 61.6 Å². The standard InChI is InChI=1S/C24H31ClN2O3/c1-5-13-26-24(29)21(6-2)27(15-19-9-11-20(25)12-10-19)23(28)16-30-22-14-17(3)7-8-18(22)4/h7-12,14,21H,5-6,13,15-16H2,1-4H3,(H,26,29)/t21-/m0/s1. The molecule has 0 radical (unpaired) electrons. The monoisotopic (exact) mass is 430 g/mol. The van der Waals surface area contributed by atoms with E-state index >= 15 is 0 Å². The molecule has 162 valence electrons. The van der Waals surface area contributed by atoms with Crippen molar-refractivity contribution < 1.29 is 14.3 Å². The summed E-state index contributed by atoms with van der Waals surface area (Å²) < 4.78 is 5.83. The third-order valence-corrected chi connectivity index (χ3v) is 5.15. The van der Waals surface area contributed by atoms with E-state index in [-0.39, 0.29) is 18.4 Å². The highest BCUT2D eigenvalue weighted by Gasteiger charge is 2.28. The van der Waals surface area contributed by atoms with Crippen molar-refractivity contribution >= 4 is 23.4 Å². The van der Waals surface area contributed by atoms with Crippen LogP contribution in [0.2, 0.25) is 5.02 Å². The highest BCUT2D eigenvalue weighted by molar-refractivity contribution is 6.30. The van der Waals surface area contributed by atoms with Gasteiger partial charge in [-0.15, -0.1) is 0 Å². The number of rotatable bonds is 10. The molecule has 6 heteroatoms. The molecule has 2 aromatic carbocycles. The Labute approximate surface area is 184 Å². The summed E-state index contributed by atoms with van der Waals surface area (Å²) in [5, 5.41) is 3.54. The van der Waals surface area contributed by atoms with Gasteiger partial charge in [0.15, 0.2) is 6.61 Å². The van der Waals surface area contributed by atoms with Crippen LogP contribution in [-0.2, 0) is 16.1 Å². The molecular formula is C24H31ClN2O3. The SMILES string of the molecule is CCCNC(=O)[C@H](CC)N(Cc1ccc(Cl)cc1)C(=O)COc1cc(C)ccc1C. The van der Waals surface area contributed by atoms with Gasteiger partial charge in [-0.3, -0.25) is 9.59 Å². The van der Waals surface area contributed by atoms with Crippen molar-refractivity contribution in [3.05, 3.63) is 64.2 Å². The first-order valence-electron chi connectivity index (χ1n) is 10.4. The normalized spacial score (nSPS) is 11.6. The fourth-order valence-corrected chi connectivity index (χ4v) is 3.28. The zero-order valence-corrected chi connectivity index (χ0v) is 19.0. The quantitative estimate of drug-likeness (QED) is 0.595. The van der Waals surface area contributed by atoms with E-state index in [2.05, 4.69) is 5.32 Å². The number of halogens is 1. The third kappa shape index (κ3) is 6.77.